The van der Waals surface area contributed by atoms with Crippen molar-refractivity contribution >= 4 is 5.82 Å². The number of fused-ring (bicyclic) bond motifs is 1. The van der Waals surface area contributed by atoms with E-state index in [-0.39, 0.29) is 0 Å². The average Bonchev–Trinajstić information content (AvgIpc) is 2.17. The Bertz CT molecular complexity index is 348. The molecule has 0 fully saturated rings. The average molecular weight is 192 g/mol. The first-order valence-electron chi connectivity index (χ1n) is 5.05. The summed E-state index contributed by atoms with van der Waals surface area (Å²) in [5, 5.41) is 0. The predicted molar refractivity (Wildman–Crippen MR) is 55.8 cm³/mol. The number of rotatable bonds is 1. The minimum atomic E-state index is 0.658. The summed E-state index contributed by atoms with van der Waals surface area (Å²) in [6.07, 6.45) is 0.997. The zero-order valence-corrected chi connectivity index (χ0v) is 8.75. The molecule has 1 aromatic rings. The minimum absolute atomic E-state index is 0.658. The van der Waals surface area contributed by atoms with Crippen LogP contribution in [0.15, 0.2) is 0 Å². The van der Waals surface area contributed by atoms with Crippen LogP contribution in [0, 0.1) is 6.92 Å². The highest BCUT2D eigenvalue weighted by Gasteiger charge is 2.19. The van der Waals surface area contributed by atoms with Gasteiger partial charge in [0.1, 0.15) is 11.6 Å². The molecule has 0 spiro atoms. The third-order valence-corrected chi connectivity index (χ3v) is 2.73. The first-order valence-corrected chi connectivity index (χ1v) is 5.05. The molecule has 2 N–H and O–H groups in total. The predicted octanol–water partition coefficient (Wildman–Crippen LogP) is 0.745. The SMILES string of the molecule is CCN1CCc2nc(C)nc(N)c2C1. The smallest absolute Gasteiger partial charge is 0.131 e. The van der Waals surface area contributed by atoms with Crippen molar-refractivity contribution in [2.75, 3.05) is 18.8 Å². The number of nitrogens with zero attached hydrogens (tertiary/aromatic N) is 3. The monoisotopic (exact) mass is 192 g/mol. The van der Waals surface area contributed by atoms with E-state index in [1.54, 1.807) is 0 Å². The molecule has 2 heterocycles. The van der Waals surface area contributed by atoms with Crippen LogP contribution in [0.25, 0.3) is 0 Å². The molecule has 14 heavy (non-hydrogen) atoms. The largest absolute Gasteiger partial charge is 0.383 e. The highest BCUT2D eigenvalue weighted by Crippen LogP contribution is 2.21. The fourth-order valence-corrected chi connectivity index (χ4v) is 1.89. The van der Waals surface area contributed by atoms with E-state index in [0.717, 1.165) is 43.1 Å². The van der Waals surface area contributed by atoms with Crippen molar-refractivity contribution in [2.45, 2.75) is 26.8 Å². The Morgan fingerprint density at radius 1 is 1.43 bits per heavy atom. The Hall–Kier alpha value is -1.16. The lowest BCUT2D eigenvalue weighted by molar-refractivity contribution is 0.265. The lowest BCUT2D eigenvalue weighted by Gasteiger charge is -2.27. The summed E-state index contributed by atoms with van der Waals surface area (Å²) >= 11 is 0. The molecule has 2 rings (SSSR count). The number of hydrogen-bond donors (Lipinski definition) is 1. The number of hydrogen-bond acceptors (Lipinski definition) is 4. The number of aryl methyl sites for hydroxylation is 1. The maximum atomic E-state index is 5.88. The molecule has 4 heteroatoms. The van der Waals surface area contributed by atoms with Crippen molar-refractivity contribution < 1.29 is 0 Å². The Morgan fingerprint density at radius 3 is 2.93 bits per heavy atom. The van der Waals surface area contributed by atoms with Gasteiger partial charge in [0.15, 0.2) is 0 Å². The van der Waals surface area contributed by atoms with E-state index in [2.05, 4.69) is 21.8 Å². The fraction of sp³-hybridized carbons (Fsp3) is 0.600. The molecule has 0 radical (unpaired) electrons. The van der Waals surface area contributed by atoms with Crippen molar-refractivity contribution in [3.8, 4) is 0 Å². The highest BCUT2D eigenvalue weighted by atomic mass is 15.1. The molecule has 0 amide bonds. The summed E-state index contributed by atoms with van der Waals surface area (Å²) in [5.74, 6) is 1.44. The van der Waals surface area contributed by atoms with E-state index in [9.17, 15) is 0 Å². The van der Waals surface area contributed by atoms with Crippen LogP contribution in [-0.2, 0) is 13.0 Å². The molecule has 0 bridgehead atoms. The van der Waals surface area contributed by atoms with Gasteiger partial charge in [-0.15, -0.1) is 0 Å². The van der Waals surface area contributed by atoms with E-state index in [4.69, 9.17) is 5.73 Å². The number of nitrogens with two attached hydrogens (primary N) is 1. The summed E-state index contributed by atoms with van der Waals surface area (Å²) in [5.41, 5.74) is 8.15. The molecule has 0 aliphatic carbocycles. The molecular weight excluding hydrogens is 176 g/mol. The zero-order valence-electron chi connectivity index (χ0n) is 8.75. The first kappa shape index (κ1) is 9.40. The number of likely N-dealkylation sites (N-methyl/N-ethyl adjacent to an activating group) is 1. The molecule has 1 aliphatic heterocycles. The highest BCUT2D eigenvalue weighted by molar-refractivity contribution is 5.43. The van der Waals surface area contributed by atoms with Crippen LogP contribution in [-0.4, -0.2) is 28.0 Å². The Balaban J connectivity index is 2.37. The minimum Gasteiger partial charge on any atom is -0.383 e. The van der Waals surface area contributed by atoms with Crippen LogP contribution in [0.4, 0.5) is 5.82 Å². The standard InChI is InChI=1S/C10H16N4/c1-3-14-5-4-9-8(6-14)10(11)13-7(2)12-9/h3-6H2,1-2H3,(H2,11,12,13). The van der Waals surface area contributed by atoms with Gasteiger partial charge in [0.2, 0.25) is 0 Å². The van der Waals surface area contributed by atoms with E-state index >= 15 is 0 Å². The van der Waals surface area contributed by atoms with Crippen LogP contribution >= 0.6 is 0 Å². The van der Waals surface area contributed by atoms with Gasteiger partial charge in [0.25, 0.3) is 0 Å². The lowest BCUT2D eigenvalue weighted by Crippen LogP contribution is -2.32. The second kappa shape index (κ2) is 3.53. The first-order chi connectivity index (χ1) is 6.70. The molecule has 0 atom stereocenters. The van der Waals surface area contributed by atoms with E-state index in [1.807, 2.05) is 6.92 Å². The Labute approximate surface area is 84.2 Å². The van der Waals surface area contributed by atoms with Crippen molar-refractivity contribution in [2.24, 2.45) is 0 Å². The topological polar surface area (TPSA) is 55.0 Å². The van der Waals surface area contributed by atoms with Gasteiger partial charge in [-0.3, -0.25) is 4.90 Å². The summed E-state index contributed by atoms with van der Waals surface area (Å²) in [6, 6.07) is 0. The van der Waals surface area contributed by atoms with Gasteiger partial charge in [-0.2, -0.15) is 0 Å². The maximum Gasteiger partial charge on any atom is 0.131 e. The van der Waals surface area contributed by atoms with E-state index in [0.29, 0.717) is 5.82 Å². The van der Waals surface area contributed by atoms with Crippen LogP contribution in [0.3, 0.4) is 0 Å². The summed E-state index contributed by atoms with van der Waals surface area (Å²) < 4.78 is 0. The summed E-state index contributed by atoms with van der Waals surface area (Å²) in [4.78, 5) is 11.0. The number of aromatic nitrogens is 2. The van der Waals surface area contributed by atoms with Crippen LogP contribution < -0.4 is 5.73 Å². The molecule has 0 saturated heterocycles. The summed E-state index contributed by atoms with van der Waals surface area (Å²) in [6.45, 7) is 7.10. The van der Waals surface area contributed by atoms with Crippen molar-refractivity contribution in [1.29, 1.82) is 0 Å². The molecule has 0 aromatic carbocycles. The second-order valence-electron chi connectivity index (χ2n) is 3.70. The van der Waals surface area contributed by atoms with Gasteiger partial charge in [0.05, 0.1) is 5.69 Å². The van der Waals surface area contributed by atoms with Gasteiger partial charge in [0, 0.05) is 25.1 Å². The van der Waals surface area contributed by atoms with Gasteiger partial charge in [-0.25, -0.2) is 9.97 Å². The van der Waals surface area contributed by atoms with E-state index < -0.39 is 0 Å². The van der Waals surface area contributed by atoms with Crippen molar-refractivity contribution in [3.63, 3.8) is 0 Å². The Kier molecular flexibility index (Phi) is 2.37. The van der Waals surface area contributed by atoms with Crippen LogP contribution in [0.1, 0.15) is 24.0 Å². The molecular formula is C10H16N4. The van der Waals surface area contributed by atoms with Crippen LogP contribution in [0.2, 0.25) is 0 Å². The normalized spacial score (nSPS) is 16.7. The third-order valence-electron chi connectivity index (χ3n) is 2.73. The number of anilines is 1. The quantitative estimate of drug-likeness (QED) is 0.713. The summed E-state index contributed by atoms with van der Waals surface area (Å²) in [7, 11) is 0. The second-order valence-corrected chi connectivity index (χ2v) is 3.70. The lowest BCUT2D eigenvalue weighted by atomic mass is 10.1. The molecule has 1 aliphatic rings. The molecule has 1 aromatic heterocycles. The zero-order chi connectivity index (χ0) is 10.1. The third kappa shape index (κ3) is 1.57. The molecule has 0 unspecified atom stereocenters. The van der Waals surface area contributed by atoms with E-state index in [1.165, 1.54) is 0 Å². The van der Waals surface area contributed by atoms with Gasteiger partial charge < -0.3 is 5.73 Å². The fourth-order valence-electron chi connectivity index (χ4n) is 1.89. The van der Waals surface area contributed by atoms with Gasteiger partial charge in [-0.05, 0) is 13.5 Å². The van der Waals surface area contributed by atoms with Gasteiger partial charge >= 0.3 is 0 Å². The van der Waals surface area contributed by atoms with Gasteiger partial charge in [-0.1, -0.05) is 6.92 Å². The Morgan fingerprint density at radius 2 is 2.21 bits per heavy atom. The maximum absolute atomic E-state index is 5.88. The van der Waals surface area contributed by atoms with Crippen molar-refractivity contribution in [1.82, 2.24) is 14.9 Å². The molecule has 4 nitrogen and oxygen atoms in total. The number of nitrogen functional groups attached to an aromatic ring is 1. The molecule has 0 saturated carbocycles. The van der Waals surface area contributed by atoms with Crippen LogP contribution in [0.5, 0.6) is 0 Å². The molecule has 76 valence electrons. The van der Waals surface area contributed by atoms with Crippen molar-refractivity contribution in [3.05, 3.63) is 17.1 Å².